The molecular weight excluding hydrogens is 448 g/mol. The molecule has 0 aliphatic carbocycles. The molecule has 0 aliphatic heterocycles. The van der Waals surface area contributed by atoms with Crippen LogP contribution in [0.2, 0.25) is 0 Å². The lowest BCUT2D eigenvalue weighted by atomic mass is 10.0. The van der Waals surface area contributed by atoms with E-state index in [0.29, 0.717) is 17.9 Å². The van der Waals surface area contributed by atoms with Crippen LogP contribution >= 0.6 is 11.6 Å². The van der Waals surface area contributed by atoms with Gasteiger partial charge in [-0.05, 0) is 60.6 Å². The number of carbonyl (C=O) groups excluding carboxylic acids is 2. The zero-order valence-electron chi connectivity index (χ0n) is 20.4. The van der Waals surface area contributed by atoms with Gasteiger partial charge in [-0.15, -0.1) is 18.2 Å². The van der Waals surface area contributed by atoms with E-state index >= 15 is 0 Å². The van der Waals surface area contributed by atoms with E-state index in [0.717, 1.165) is 43.2 Å². The molecule has 184 valence electrons. The van der Waals surface area contributed by atoms with Crippen molar-refractivity contribution < 1.29 is 19.1 Å². The van der Waals surface area contributed by atoms with E-state index in [2.05, 4.69) is 6.58 Å². The van der Waals surface area contributed by atoms with E-state index < -0.39 is 11.3 Å². The highest BCUT2D eigenvalue weighted by molar-refractivity contribution is 6.30. The average Bonchev–Trinajstić information content (AvgIpc) is 2.85. The molecule has 4 nitrogen and oxygen atoms in total. The topological polar surface area (TPSA) is 52.6 Å². The van der Waals surface area contributed by atoms with E-state index in [-0.39, 0.29) is 11.9 Å². The second-order valence-electron chi connectivity index (χ2n) is 8.68. The molecule has 2 rings (SSSR count). The van der Waals surface area contributed by atoms with Crippen molar-refractivity contribution in [1.29, 1.82) is 0 Å². The summed E-state index contributed by atoms with van der Waals surface area (Å²) in [5, 5.41) is -0.660. The van der Waals surface area contributed by atoms with Crippen LogP contribution in [-0.2, 0) is 9.59 Å². The van der Waals surface area contributed by atoms with Crippen LogP contribution in [0, 0.1) is 5.92 Å². The van der Waals surface area contributed by atoms with Crippen LogP contribution in [0.25, 0.3) is 11.1 Å². The lowest BCUT2D eigenvalue weighted by molar-refractivity contribution is -0.135. The minimum absolute atomic E-state index is 0.0541. The quantitative estimate of drug-likeness (QED) is 0.0841. The summed E-state index contributed by atoms with van der Waals surface area (Å²) >= 11 is 6.16. The molecule has 0 amide bonds. The number of hydrogen-bond acceptors (Lipinski definition) is 4. The van der Waals surface area contributed by atoms with Crippen molar-refractivity contribution in [1.82, 2.24) is 0 Å². The number of halogens is 1. The lowest BCUT2D eigenvalue weighted by Crippen LogP contribution is -2.26. The molecule has 2 atom stereocenters. The molecule has 0 aromatic heterocycles. The van der Waals surface area contributed by atoms with Gasteiger partial charge in [0.2, 0.25) is 0 Å². The van der Waals surface area contributed by atoms with Gasteiger partial charge < -0.3 is 9.47 Å². The largest absolute Gasteiger partial charge is 0.427 e. The molecule has 0 saturated heterocycles. The summed E-state index contributed by atoms with van der Waals surface area (Å²) < 4.78 is 10.8. The van der Waals surface area contributed by atoms with E-state index in [1.165, 1.54) is 19.3 Å². The molecule has 0 fully saturated rings. The highest BCUT2D eigenvalue weighted by atomic mass is 35.5. The van der Waals surface area contributed by atoms with Crippen LogP contribution in [0.4, 0.5) is 0 Å². The third kappa shape index (κ3) is 9.72. The number of rotatable bonds is 15. The normalized spacial score (nSPS) is 12.6. The van der Waals surface area contributed by atoms with Crippen LogP contribution in [0.1, 0.15) is 71.6 Å². The Bertz CT molecular complexity index is 889. The summed E-state index contributed by atoms with van der Waals surface area (Å²) in [6.45, 7) is 7.65. The van der Waals surface area contributed by atoms with Gasteiger partial charge in [0.15, 0.2) is 0 Å². The molecule has 0 N–H and O–H groups in total. The first-order chi connectivity index (χ1) is 16.4. The Morgan fingerprint density at radius 3 is 1.88 bits per heavy atom. The van der Waals surface area contributed by atoms with Gasteiger partial charge in [-0.1, -0.05) is 76.3 Å². The van der Waals surface area contributed by atoms with Crippen molar-refractivity contribution in [3.8, 4) is 22.6 Å². The SMILES string of the molecule is C=CCCCCCCCCC(=O)Oc1ccc(-c2ccc(OC(=O)[C@@H](Cl)[C@@H](C)CC)cc2)cc1. The molecular formula is C29H37ClO4. The Kier molecular flexibility index (Phi) is 12.5. The first-order valence-corrected chi connectivity index (χ1v) is 12.8. The summed E-state index contributed by atoms with van der Waals surface area (Å²) in [5.74, 6) is 0.435. The van der Waals surface area contributed by atoms with Gasteiger partial charge in [0, 0.05) is 6.42 Å². The summed E-state index contributed by atoms with van der Waals surface area (Å²) in [6.07, 6.45) is 11.0. The fourth-order valence-corrected chi connectivity index (χ4v) is 3.71. The van der Waals surface area contributed by atoms with Crippen LogP contribution in [-0.4, -0.2) is 17.3 Å². The first-order valence-electron chi connectivity index (χ1n) is 12.3. The Morgan fingerprint density at radius 1 is 0.853 bits per heavy atom. The molecule has 0 saturated carbocycles. The van der Waals surface area contributed by atoms with Crippen molar-refractivity contribution in [3.63, 3.8) is 0 Å². The molecule has 0 aliphatic rings. The average molecular weight is 485 g/mol. The molecule has 0 bridgehead atoms. The molecule has 0 heterocycles. The van der Waals surface area contributed by atoms with Gasteiger partial charge >= 0.3 is 11.9 Å². The summed E-state index contributed by atoms with van der Waals surface area (Å²) in [7, 11) is 0. The van der Waals surface area contributed by atoms with Crippen LogP contribution < -0.4 is 9.47 Å². The van der Waals surface area contributed by atoms with E-state index in [4.69, 9.17) is 21.1 Å². The highest BCUT2D eigenvalue weighted by Gasteiger charge is 2.23. The Balaban J connectivity index is 1.77. The van der Waals surface area contributed by atoms with Crippen molar-refractivity contribution in [2.24, 2.45) is 5.92 Å². The number of alkyl halides is 1. The van der Waals surface area contributed by atoms with Crippen LogP contribution in [0.3, 0.4) is 0 Å². The van der Waals surface area contributed by atoms with Crippen LogP contribution in [0.15, 0.2) is 61.2 Å². The fourth-order valence-electron chi connectivity index (χ4n) is 3.49. The second kappa shape index (κ2) is 15.3. The van der Waals surface area contributed by atoms with Crippen LogP contribution in [0.5, 0.6) is 11.5 Å². The molecule has 34 heavy (non-hydrogen) atoms. The van der Waals surface area contributed by atoms with Gasteiger partial charge in [0.25, 0.3) is 0 Å². The maximum absolute atomic E-state index is 12.1. The van der Waals surface area contributed by atoms with Gasteiger partial charge in [0.1, 0.15) is 16.9 Å². The monoisotopic (exact) mass is 484 g/mol. The molecule has 0 spiro atoms. The third-order valence-corrected chi connectivity index (χ3v) is 6.51. The standard InChI is InChI=1S/C29H37ClO4/c1-4-6-7-8-9-10-11-12-13-27(31)33-25-18-14-23(15-19-25)24-16-20-26(21-17-24)34-29(32)28(30)22(3)5-2/h4,14-22,28H,1,5-13H2,2-3H3/t22-,28-/m0/s1. The maximum Gasteiger partial charge on any atom is 0.329 e. The van der Waals surface area contributed by atoms with Gasteiger partial charge in [0.05, 0.1) is 0 Å². The summed E-state index contributed by atoms with van der Waals surface area (Å²) in [6, 6.07) is 14.7. The second-order valence-corrected chi connectivity index (χ2v) is 9.15. The zero-order chi connectivity index (χ0) is 24.8. The summed E-state index contributed by atoms with van der Waals surface area (Å²) in [4.78, 5) is 24.2. The Hall–Kier alpha value is -2.59. The van der Waals surface area contributed by atoms with Gasteiger partial charge in [-0.2, -0.15) is 0 Å². The van der Waals surface area contributed by atoms with Crippen molar-refractivity contribution in [2.45, 2.75) is 77.0 Å². The molecule has 0 radical (unpaired) electrons. The van der Waals surface area contributed by atoms with Crippen molar-refractivity contribution in [3.05, 3.63) is 61.2 Å². The third-order valence-electron chi connectivity index (χ3n) is 5.90. The summed E-state index contributed by atoms with van der Waals surface area (Å²) in [5.41, 5.74) is 1.94. The van der Waals surface area contributed by atoms with E-state index in [1.807, 2.05) is 44.2 Å². The maximum atomic E-state index is 12.1. The number of carbonyl (C=O) groups is 2. The molecule has 5 heteroatoms. The molecule has 2 aromatic carbocycles. The lowest BCUT2D eigenvalue weighted by Gasteiger charge is -2.15. The minimum atomic E-state index is -0.660. The highest BCUT2D eigenvalue weighted by Crippen LogP contribution is 2.26. The zero-order valence-corrected chi connectivity index (χ0v) is 21.2. The number of benzene rings is 2. The number of allylic oxidation sites excluding steroid dienone is 1. The minimum Gasteiger partial charge on any atom is -0.427 e. The fraction of sp³-hybridized carbons (Fsp3) is 0.448. The predicted octanol–water partition coefficient (Wildman–Crippen LogP) is 8.12. The number of esters is 2. The van der Waals surface area contributed by atoms with Crippen molar-refractivity contribution in [2.75, 3.05) is 0 Å². The smallest absolute Gasteiger partial charge is 0.329 e. The van der Waals surface area contributed by atoms with E-state index in [1.54, 1.807) is 24.3 Å². The first kappa shape index (κ1) is 27.7. The van der Waals surface area contributed by atoms with Gasteiger partial charge in [-0.3, -0.25) is 9.59 Å². The van der Waals surface area contributed by atoms with Gasteiger partial charge in [-0.25, -0.2) is 0 Å². The van der Waals surface area contributed by atoms with E-state index in [9.17, 15) is 9.59 Å². The number of hydrogen-bond donors (Lipinski definition) is 0. The Labute approximate surface area is 209 Å². The number of ether oxygens (including phenoxy) is 2. The predicted molar refractivity (Wildman–Crippen MR) is 139 cm³/mol. The molecule has 2 aromatic rings. The Morgan fingerprint density at radius 2 is 1.35 bits per heavy atom. The number of unbranched alkanes of at least 4 members (excludes halogenated alkanes) is 6. The molecule has 0 unspecified atom stereocenters. The van der Waals surface area contributed by atoms with Crippen molar-refractivity contribution >= 4 is 23.5 Å².